The highest BCUT2D eigenvalue weighted by Crippen LogP contribution is 2.30. The van der Waals surface area contributed by atoms with Crippen molar-refractivity contribution in [2.24, 2.45) is 0 Å². The second-order valence-electron chi connectivity index (χ2n) is 4.69. The van der Waals surface area contributed by atoms with E-state index < -0.39 is 12.7 Å². The molecule has 0 amide bonds. The van der Waals surface area contributed by atoms with Crippen molar-refractivity contribution in [2.75, 3.05) is 31.4 Å². The molecule has 7 nitrogen and oxygen atoms in total. The standard InChI is InChI=1S/C14H16F3N5O2/c1-8-19-12(18-7-14(15,16)17)22-13(20-8)21-10-5-4-9(23-2)6-11(10)24-3/h4-6H,7H2,1-3H3,(H2,18,19,20,21,22). The van der Waals surface area contributed by atoms with Gasteiger partial charge >= 0.3 is 6.18 Å². The van der Waals surface area contributed by atoms with Crippen molar-refractivity contribution in [3.05, 3.63) is 24.0 Å². The van der Waals surface area contributed by atoms with Crippen LogP contribution >= 0.6 is 0 Å². The number of halogens is 3. The fourth-order valence-corrected chi connectivity index (χ4v) is 1.82. The predicted molar refractivity (Wildman–Crippen MR) is 81.9 cm³/mol. The molecule has 0 spiro atoms. The number of ether oxygens (including phenoxy) is 2. The van der Waals surface area contributed by atoms with Crippen LogP contribution in [0.5, 0.6) is 11.5 Å². The molecule has 0 aliphatic rings. The molecule has 0 saturated carbocycles. The number of aromatic nitrogens is 3. The third kappa shape index (κ3) is 4.86. The van der Waals surface area contributed by atoms with Gasteiger partial charge in [0.05, 0.1) is 19.9 Å². The molecule has 0 saturated heterocycles. The highest BCUT2D eigenvalue weighted by Gasteiger charge is 2.27. The molecule has 1 aromatic heterocycles. The van der Waals surface area contributed by atoms with Crippen molar-refractivity contribution in [3.8, 4) is 11.5 Å². The second kappa shape index (κ2) is 7.20. The third-order valence-corrected chi connectivity index (χ3v) is 2.85. The molecule has 0 aliphatic heterocycles. The summed E-state index contributed by atoms with van der Waals surface area (Å²) in [5.74, 6) is 1.25. The molecule has 0 radical (unpaired) electrons. The molecule has 0 unspecified atom stereocenters. The van der Waals surface area contributed by atoms with Gasteiger partial charge in [0.1, 0.15) is 23.9 Å². The van der Waals surface area contributed by atoms with Crippen molar-refractivity contribution >= 4 is 17.6 Å². The van der Waals surface area contributed by atoms with Crippen LogP contribution in [0.3, 0.4) is 0 Å². The molecule has 0 atom stereocenters. The van der Waals surface area contributed by atoms with Crippen LogP contribution < -0.4 is 20.1 Å². The van der Waals surface area contributed by atoms with Crippen molar-refractivity contribution in [1.82, 2.24) is 15.0 Å². The van der Waals surface area contributed by atoms with Gasteiger partial charge in [-0.25, -0.2) is 0 Å². The van der Waals surface area contributed by atoms with E-state index in [1.54, 1.807) is 25.1 Å². The van der Waals surface area contributed by atoms with Crippen LogP contribution in [-0.2, 0) is 0 Å². The molecule has 1 heterocycles. The summed E-state index contributed by atoms with van der Waals surface area (Å²) < 4.78 is 47.2. The van der Waals surface area contributed by atoms with Crippen LogP contribution in [0.1, 0.15) is 5.82 Å². The van der Waals surface area contributed by atoms with E-state index in [4.69, 9.17) is 9.47 Å². The molecule has 24 heavy (non-hydrogen) atoms. The number of benzene rings is 1. The van der Waals surface area contributed by atoms with Crippen molar-refractivity contribution in [2.45, 2.75) is 13.1 Å². The number of anilines is 3. The smallest absolute Gasteiger partial charge is 0.405 e. The maximum Gasteiger partial charge on any atom is 0.405 e. The summed E-state index contributed by atoms with van der Waals surface area (Å²) in [6.45, 7) is 0.318. The lowest BCUT2D eigenvalue weighted by Crippen LogP contribution is -2.22. The van der Waals surface area contributed by atoms with Gasteiger partial charge in [-0.3, -0.25) is 0 Å². The first-order valence-electron chi connectivity index (χ1n) is 6.83. The molecular formula is C14H16F3N5O2. The highest BCUT2D eigenvalue weighted by atomic mass is 19.4. The number of aryl methyl sites for hydroxylation is 1. The Balaban J connectivity index is 2.22. The fraction of sp³-hybridized carbons (Fsp3) is 0.357. The summed E-state index contributed by atoms with van der Waals surface area (Å²) in [5, 5.41) is 5.01. The van der Waals surface area contributed by atoms with Crippen molar-refractivity contribution in [3.63, 3.8) is 0 Å². The summed E-state index contributed by atoms with van der Waals surface area (Å²) in [6.07, 6.45) is -4.37. The van der Waals surface area contributed by atoms with Crippen LogP contribution in [0.2, 0.25) is 0 Å². The van der Waals surface area contributed by atoms with Crippen LogP contribution in [0.15, 0.2) is 18.2 Å². The van der Waals surface area contributed by atoms with Crippen LogP contribution in [0.25, 0.3) is 0 Å². The highest BCUT2D eigenvalue weighted by molar-refractivity contribution is 5.64. The minimum absolute atomic E-state index is 0.0932. The van der Waals surface area contributed by atoms with E-state index in [-0.39, 0.29) is 17.7 Å². The van der Waals surface area contributed by atoms with Gasteiger partial charge in [-0.1, -0.05) is 0 Å². The predicted octanol–water partition coefficient (Wildman–Crippen LogP) is 2.92. The lowest BCUT2D eigenvalue weighted by Gasteiger charge is -2.13. The summed E-state index contributed by atoms with van der Waals surface area (Å²) in [7, 11) is 3.00. The average Bonchev–Trinajstić information content (AvgIpc) is 2.52. The van der Waals surface area contributed by atoms with Gasteiger partial charge in [-0.05, 0) is 19.1 Å². The van der Waals surface area contributed by atoms with Gasteiger partial charge in [-0.15, -0.1) is 0 Å². The Morgan fingerprint density at radius 1 is 1.04 bits per heavy atom. The minimum Gasteiger partial charge on any atom is -0.497 e. The molecule has 2 N–H and O–H groups in total. The van der Waals surface area contributed by atoms with Gasteiger partial charge in [0.25, 0.3) is 0 Å². The van der Waals surface area contributed by atoms with E-state index in [0.29, 0.717) is 17.2 Å². The van der Waals surface area contributed by atoms with E-state index in [9.17, 15) is 13.2 Å². The first kappa shape index (κ1) is 17.6. The Morgan fingerprint density at radius 2 is 1.75 bits per heavy atom. The van der Waals surface area contributed by atoms with E-state index in [1.807, 2.05) is 0 Å². The zero-order chi connectivity index (χ0) is 17.7. The number of alkyl halides is 3. The molecule has 2 aromatic rings. The third-order valence-electron chi connectivity index (χ3n) is 2.85. The molecule has 130 valence electrons. The van der Waals surface area contributed by atoms with Crippen molar-refractivity contribution < 1.29 is 22.6 Å². The summed E-state index contributed by atoms with van der Waals surface area (Å²) in [6, 6.07) is 5.03. The maximum absolute atomic E-state index is 12.3. The summed E-state index contributed by atoms with van der Waals surface area (Å²) in [4.78, 5) is 11.8. The van der Waals surface area contributed by atoms with E-state index in [1.165, 1.54) is 14.2 Å². The number of rotatable bonds is 6. The molecule has 0 bridgehead atoms. The first-order valence-corrected chi connectivity index (χ1v) is 6.83. The number of hydrogen-bond donors (Lipinski definition) is 2. The van der Waals surface area contributed by atoms with Gasteiger partial charge in [-0.2, -0.15) is 28.1 Å². The topological polar surface area (TPSA) is 81.2 Å². The molecule has 10 heteroatoms. The number of nitrogens with one attached hydrogen (secondary N) is 2. The Kier molecular flexibility index (Phi) is 5.27. The first-order chi connectivity index (χ1) is 11.3. The SMILES string of the molecule is COc1ccc(Nc2nc(C)nc(NCC(F)(F)F)n2)c(OC)c1. The molecule has 0 aliphatic carbocycles. The monoisotopic (exact) mass is 343 g/mol. The average molecular weight is 343 g/mol. The number of methoxy groups -OCH3 is 2. The van der Waals surface area contributed by atoms with Gasteiger partial charge in [0, 0.05) is 6.07 Å². The zero-order valence-electron chi connectivity index (χ0n) is 13.2. The Morgan fingerprint density at radius 3 is 2.38 bits per heavy atom. The quantitative estimate of drug-likeness (QED) is 0.834. The second-order valence-corrected chi connectivity index (χ2v) is 4.69. The normalized spacial score (nSPS) is 11.1. The fourth-order valence-electron chi connectivity index (χ4n) is 1.82. The van der Waals surface area contributed by atoms with Crippen molar-refractivity contribution in [1.29, 1.82) is 0 Å². The Labute approximate surface area is 136 Å². The van der Waals surface area contributed by atoms with E-state index in [0.717, 1.165) is 0 Å². The van der Waals surface area contributed by atoms with Crippen LogP contribution in [0.4, 0.5) is 30.8 Å². The number of hydrogen-bond acceptors (Lipinski definition) is 7. The molecule has 1 aromatic carbocycles. The lowest BCUT2D eigenvalue weighted by molar-refractivity contribution is -0.115. The molecular weight excluding hydrogens is 327 g/mol. The minimum atomic E-state index is -4.37. The van der Waals surface area contributed by atoms with Gasteiger partial charge in [0.15, 0.2) is 0 Å². The van der Waals surface area contributed by atoms with E-state index >= 15 is 0 Å². The van der Waals surface area contributed by atoms with E-state index in [2.05, 4.69) is 25.6 Å². The molecule has 0 fully saturated rings. The zero-order valence-corrected chi connectivity index (χ0v) is 13.2. The van der Waals surface area contributed by atoms with Crippen LogP contribution in [-0.4, -0.2) is 41.9 Å². The Bertz CT molecular complexity index is 709. The summed E-state index contributed by atoms with van der Waals surface area (Å²) >= 11 is 0. The Hall–Kier alpha value is -2.78. The number of nitrogens with zero attached hydrogens (tertiary/aromatic N) is 3. The lowest BCUT2D eigenvalue weighted by atomic mass is 10.2. The van der Waals surface area contributed by atoms with Gasteiger partial charge < -0.3 is 20.1 Å². The molecule has 2 rings (SSSR count). The maximum atomic E-state index is 12.3. The van der Waals surface area contributed by atoms with Gasteiger partial charge in [0.2, 0.25) is 11.9 Å². The largest absolute Gasteiger partial charge is 0.497 e. The summed E-state index contributed by atoms with van der Waals surface area (Å²) in [5.41, 5.74) is 0.533. The van der Waals surface area contributed by atoms with Crippen LogP contribution in [0, 0.1) is 6.92 Å².